The number of hydrogen-bond donors (Lipinski definition) is 0. The Balaban J connectivity index is 1.24. The van der Waals surface area contributed by atoms with Crippen LogP contribution in [0.4, 0.5) is 0 Å². The number of methoxy groups -OCH3 is 1. The molecule has 4 aromatic carbocycles. The molecule has 0 saturated carbocycles. The van der Waals surface area contributed by atoms with Crippen LogP contribution in [0.5, 0.6) is 17.2 Å². The molecule has 0 spiro atoms. The van der Waals surface area contributed by atoms with Crippen LogP contribution in [0.2, 0.25) is 0 Å². The van der Waals surface area contributed by atoms with Crippen molar-refractivity contribution in [3.05, 3.63) is 108 Å². The summed E-state index contributed by atoms with van der Waals surface area (Å²) in [5.41, 5.74) is 5.14. The Labute approximate surface area is 259 Å². The van der Waals surface area contributed by atoms with Crippen molar-refractivity contribution < 1.29 is 18.6 Å². The number of rotatable bonds is 13. The van der Waals surface area contributed by atoms with Crippen molar-refractivity contribution >= 4 is 21.8 Å². The third-order valence-corrected chi connectivity index (χ3v) is 8.15. The second-order valence-electron chi connectivity index (χ2n) is 11.3. The molecule has 0 fully saturated rings. The summed E-state index contributed by atoms with van der Waals surface area (Å²) in [5, 5.41) is 2.36. The Kier molecular flexibility index (Phi) is 8.87. The number of unbranched alkanes of at least 4 members (excludes halogenated alkanes) is 2. The summed E-state index contributed by atoms with van der Waals surface area (Å²) in [6.07, 6.45) is 4.85. The van der Waals surface area contributed by atoms with Gasteiger partial charge in [-0.05, 0) is 74.7 Å². The van der Waals surface area contributed by atoms with E-state index >= 15 is 0 Å². The molecule has 0 saturated heterocycles. The van der Waals surface area contributed by atoms with Crippen LogP contribution in [0.1, 0.15) is 56.5 Å². The molecule has 2 heterocycles. The van der Waals surface area contributed by atoms with E-state index in [1.165, 1.54) is 30.2 Å². The van der Waals surface area contributed by atoms with E-state index in [9.17, 15) is 0 Å². The highest BCUT2D eigenvalue weighted by atomic mass is 16.5. The smallest absolute Gasteiger partial charge is 0.226 e. The Bertz CT molecular complexity index is 1850. The Morgan fingerprint density at radius 1 is 0.841 bits per heavy atom. The van der Waals surface area contributed by atoms with Gasteiger partial charge in [0.1, 0.15) is 23.8 Å². The van der Waals surface area contributed by atoms with Gasteiger partial charge in [-0.3, -0.25) is 0 Å². The molecule has 0 aliphatic rings. The zero-order valence-corrected chi connectivity index (χ0v) is 26.0. The molecule has 226 valence electrons. The van der Waals surface area contributed by atoms with Crippen molar-refractivity contribution in [1.29, 1.82) is 0 Å². The molecular weight excluding hydrogens is 548 g/mol. The number of hydrogen-bond acceptors (Lipinski definition) is 5. The third kappa shape index (κ3) is 6.16. The largest absolute Gasteiger partial charge is 0.493 e. The minimum atomic E-state index is 0.164. The van der Waals surface area contributed by atoms with Crippen molar-refractivity contribution in [2.75, 3.05) is 7.11 Å². The summed E-state index contributed by atoms with van der Waals surface area (Å²) in [6.45, 7) is 7.28. The van der Waals surface area contributed by atoms with E-state index in [0.717, 1.165) is 45.7 Å². The van der Waals surface area contributed by atoms with Crippen LogP contribution >= 0.6 is 0 Å². The van der Waals surface area contributed by atoms with Gasteiger partial charge in [0.25, 0.3) is 0 Å². The van der Waals surface area contributed by atoms with E-state index in [1.807, 2.05) is 43.3 Å². The van der Waals surface area contributed by atoms with Gasteiger partial charge >= 0.3 is 0 Å². The van der Waals surface area contributed by atoms with E-state index in [2.05, 4.69) is 78.0 Å². The topological polar surface area (TPSA) is 58.7 Å². The zero-order chi connectivity index (χ0) is 30.5. The van der Waals surface area contributed by atoms with Gasteiger partial charge in [0, 0.05) is 28.4 Å². The van der Waals surface area contributed by atoms with Gasteiger partial charge in [0.2, 0.25) is 5.89 Å². The maximum Gasteiger partial charge on any atom is 0.226 e. The van der Waals surface area contributed by atoms with Crippen molar-refractivity contribution in [1.82, 2.24) is 9.55 Å². The number of nitrogens with zero attached hydrogens (tertiary/aromatic N) is 2. The number of aryl methyl sites for hydroxylation is 1. The molecule has 44 heavy (non-hydrogen) atoms. The Morgan fingerprint density at radius 2 is 1.64 bits per heavy atom. The molecule has 6 nitrogen and oxygen atoms in total. The van der Waals surface area contributed by atoms with Crippen LogP contribution in [0.25, 0.3) is 33.3 Å². The van der Waals surface area contributed by atoms with Gasteiger partial charge in [0.15, 0.2) is 11.5 Å². The molecule has 1 unspecified atom stereocenters. The first-order chi connectivity index (χ1) is 21.6. The minimum absolute atomic E-state index is 0.164. The number of oxazole rings is 1. The molecule has 0 aliphatic heterocycles. The predicted molar refractivity (Wildman–Crippen MR) is 177 cm³/mol. The highest BCUT2D eigenvalue weighted by Crippen LogP contribution is 2.38. The molecule has 6 heteroatoms. The lowest BCUT2D eigenvalue weighted by molar-refractivity contribution is 0.209. The van der Waals surface area contributed by atoms with E-state index in [4.69, 9.17) is 18.6 Å². The van der Waals surface area contributed by atoms with Gasteiger partial charge in [-0.2, -0.15) is 0 Å². The normalized spacial score (nSPS) is 12.1. The molecule has 2 aromatic heterocycles. The highest BCUT2D eigenvalue weighted by Gasteiger charge is 2.18. The second kappa shape index (κ2) is 13.3. The fourth-order valence-electron chi connectivity index (χ4n) is 5.82. The first kappa shape index (κ1) is 29.4. The molecule has 0 bridgehead atoms. The summed E-state index contributed by atoms with van der Waals surface area (Å²) in [5.74, 6) is 3.62. The Hall–Kier alpha value is -4.71. The van der Waals surface area contributed by atoms with E-state index in [-0.39, 0.29) is 12.7 Å². The lowest BCUT2D eigenvalue weighted by Crippen LogP contribution is -2.11. The first-order valence-electron chi connectivity index (χ1n) is 15.5. The molecule has 0 amide bonds. The predicted octanol–water partition coefficient (Wildman–Crippen LogP) is 9.74. The highest BCUT2D eigenvalue weighted by molar-refractivity contribution is 6.11. The molecule has 0 radical (unpaired) electrons. The monoisotopic (exact) mass is 588 g/mol. The maximum absolute atomic E-state index is 6.53. The summed E-state index contributed by atoms with van der Waals surface area (Å²) in [4.78, 5) is 4.67. The number of ether oxygens (including phenoxy) is 3. The number of benzene rings is 4. The van der Waals surface area contributed by atoms with Gasteiger partial charge in [-0.1, -0.05) is 68.3 Å². The fraction of sp³-hybridized carbons (Fsp3) is 0.289. The van der Waals surface area contributed by atoms with Crippen LogP contribution in [-0.2, 0) is 13.2 Å². The summed E-state index contributed by atoms with van der Waals surface area (Å²) in [7, 11) is 1.67. The summed E-state index contributed by atoms with van der Waals surface area (Å²) < 4.78 is 26.8. The molecule has 0 N–H and O–H groups in total. The average Bonchev–Trinajstić information content (AvgIpc) is 3.58. The molecule has 6 rings (SSSR count). The minimum Gasteiger partial charge on any atom is -0.493 e. The summed E-state index contributed by atoms with van der Waals surface area (Å²) >= 11 is 0. The van der Waals surface area contributed by atoms with Gasteiger partial charge in [-0.25, -0.2) is 4.98 Å². The average molecular weight is 589 g/mol. The fourth-order valence-corrected chi connectivity index (χ4v) is 5.82. The lowest BCUT2D eigenvalue weighted by Gasteiger charge is -2.16. The standard InChI is InChI=1S/C38H40N2O4/c1-5-6-8-14-26(2)43-35-20-13-19-33-37(35)30-17-11-12-18-32(30)40(33)24-28-21-22-34(36(23-28)41-4)42-25-31-27(3)44-38(39-31)29-15-9-7-10-16-29/h7,9-13,15-23,26H,5-6,8,14,24-25H2,1-4H3. The van der Waals surface area contributed by atoms with Gasteiger partial charge in [0.05, 0.1) is 18.7 Å². The molecular formula is C38H40N2O4. The van der Waals surface area contributed by atoms with Crippen LogP contribution in [0, 0.1) is 6.92 Å². The van der Waals surface area contributed by atoms with E-state index < -0.39 is 0 Å². The van der Waals surface area contributed by atoms with Crippen molar-refractivity contribution in [3.63, 3.8) is 0 Å². The van der Waals surface area contributed by atoms with Crippen molar-refractivity contribution in [3.8, 4) is 28.7 Å². The first-order valence-corrected chi connectivity index (χ1v) is 15.5. The third-order valence-electron chi connectivity index (χ3n) is 8.15. The van der Waals surface area contributed by atoms with E-state index in [0.29, 0.717) is 23.9 Å². The quantitative estimate of drug-likeness (QED) is 0.126. The van der Waals surface area contributed by atoms with Crippen LogP contribution < -0.4 is 14.2 Å². The van der Waals surface area contributed by atoms with E-state index in [1.54, 1.807) is 7.11 Å². The lowest BCUT2D eigenvalue weighted by atomic mass is 10.1. The Morgan fingerprint density at radius 3 is 2.45 bits per heavy atom. The number of aromatic nitrogens is 2. The maximum atomic E-state index is 6.53. The molecule has 6 aromatic rings. The number of para-hydroxylation sites is 1. The SMILES string of the molecule is CCCCCC(C)Oc1cccc2c1c1ccccc1n2Cc1ccc(OCc2nc(-c3ccccc3)oc2C)c(OC)c1. The molecule has 0 aliphatic carbocycles. The van der Waals surface area contributed by atoms with Crippen molar-refractivity contribution in [2.24, 2.45) is 0 Å². The van der Waals surface area contributed by atoms with Gasteiger partial charge in [-0.15, -0.1) is 0 Å². The summed E-state index contributed by atoms with van der Waals surface area (Å²) in [6, 6.07) is 31.0. The second-order valence-corrected chi connectivity index (χ2v) is 11.3. The van der Waals surface area contributed by atoms with Gasteiger partial charge < -0.3 is 23.2 Å². The van der Waals surface area contributed by atoms with Crippen molar-refractivity contribution in [2.45, 2.75) is 65.7 Å². The van der Waals surface area contributed by atoms with Crippen LogP contribution in [0.15, 0.2) is 95.4 Å². The molecule has 1 atom stereocenters. The zero-order valence-electron chi connectivity index (χ0n) is 26.0. The number of fused-ring (bicyclic) bond motifs is 3. The van der Waals surface area contributed by atoms with Crippen LogP contribution in [-0.4, -0.2) is 22.8 Å². The van der Waals surface area contributed by atoms with Crippen LogP contribution in [0.3, 0.4) is 0 Å².